The molecular formula is C22H25F5N6O2. The maximum Gasteiger partial charge on any atom is 0.283 e. The lowest BCUT2D eigenvalue weighted by molar-refractivity contribution is -0.152. The number of aromatic nitrogens is 2. The minimum Gasteiger partial charge on any atom is -0.360 e. The number of amides is 1. The zero-order chi connectivity index (χ0) is 25.0. The van der Waals surface area contributed by atoms with E-state index in [0.29, 0.717) is 11.4 Å². The summed E-state index contributed by atoms with van der Waals surface area (Å²) in [4.78, 5) is 23.9. The Bertz CT molecular complexity index is 1070. The maximum atomic E-state index is 14.5. The third-order valence-electron chi connectivity index (χ3n) is 6.85. The molecule has 4 aliphatic rings. The normalized spacial score (nSPS) is 30.0. The molecule has 35 heavy (non-hydrogen) atoms. The molecule has 0 aromatic carbocycles. The van der Waals surface area contributed by atoms with Gasteiger partial charge in [-0.2, -0.15) is 4.98 Å². The molecule has 3 fully saturated rings. The Balaban J connectivity index is 1.36. The molecule has 0 bridgehead atoms. The van der Waals surface area contributed by atoms with Gasteiger partial charge in [0.1, 0.15) is 6.61 Å². The second kappa shape index (κ2) is 8.70. The summed E-state index contributed by atoms with van der Waals surface area (Å²) in [7, 11) is 1.56. The van der Waals surface area contributed by atoms with E-state index in [1.165, 1.54) is 4.90 Å². The van der Waals surface area contributed by atoms with E-state index in [1.54, 1.807) is 24.1 Å². The van der Waals surface area contributed by atoms with Crippen molar-refractivity contribution >= 4 is 17.7 Å². The van der Waals surface area contributed by atoms with Crippen molar-refractivity contribution in [1.29, 1.82) is 0 Å². The van der Waals surface area contributed by atoms with Crippen LogP contribution in [0, 0.1) is 11.7 Å². The first-order valence-corrected chi connectivity index (χ1v) is 11.4. The van der Waals surface area contributed by atoms with E-state index in [1.807, 2.05) is 0 Å². The molecule has 0 saturated carbocycles. The fourth-order valence-electron chi connectivity index (χ4n) is 4.90. The highest BCUT2D eigenvalue weighted by Gasteiger charge is 2.50. The number of rotatable bonds is 3. The van der Waals surface area contributed by atoms with E-state index < -0.39 is 54.8 Å². The zero-order valence-corrected chi connectivity index (χ0v) is 18.9. The Hall–Kier alpha value is -2.80. The first kappa shape index (κ1) is 23.9. The summed E-state index contributed by atoms with van der Waals surface area (Å²) in [5.41, 5.74) is 1.19. The number of likely N-dealkylation sites (N-methyl/N-ethyl adjacent to an activating group) is 1. The predicted octanol–water partition coefficient (Wildman–Crippen LogP) is 2.52. The SMILES string of the molecule is CN1C(=O)C2OCC(F)(F)CNC2C2CC(Nc3nc(N4CCC(F)(F)CC4)ncc3F)=CC=C21. The van der Waals surface area contributed by atoms with Gasteiger partial charge in [-0.25, -0.2) is 26.9 Å². The van der Waals surface area contributed by atoms with Crippen LogP contribution in [0.2, 0.25) is 0 Å². The molecule has 3 saturated heterocycles. The van der Waals surface area contributed by atoms with Crippen LogP contribution in [0.15, 0.2) is 29.7 Å². The topological polar surface area (TPSA) is 82.6 Å². The molecule has 1 aliphatic carbocycles. The van der Waals surface area contributed by atoms with Crippen molar-refractivity contribution in [3.63, 3.8) is 0 Å². The van der Waals surface area contributed by atoms with Gasteiger partial charge in [0.15, 0.2) is 17.7 Å². The summed E-state index contributed by atoms with van der Waals surface area (Å²) in [6.07, 6.45) is 2.87. The number of hydrogen-bond donors (Lipinski definition) is 2. The number of nitrogens with one attached hydrogen (secondary N) is 2. The van der Waals surface area contributed by atoms with Crippen LogP contribution in [0.1, 0.15) is 19.3 Å². The third-order valence-corrected chi connectivity index (χ3v) is 6.85. The van der Waals surface area contributed by atoms with E-state index in [4.69, 9.17) is 4.74 Å². The lowest BCUT2D eigenvalue weighted by atomic mass is 9.80. The van der Waals surface area contributed by atoms with Gasteiger partial charge in [0.2, 0.25) is 5.95 Å². The summed E-state index contributed by atoms with van der Waals surface area (Å²) in [6, 6.07) is -0.690. The van der Waals surface area contributed by atoms with Gasteiger partial charge >= 0.3 is 0 Å². The Morgan fingerprint density at radius 2 is 1.91 bits per heavy atom. The number of ether oxygens (including phenoxy) is 1. The highest BCUT2D eigenvalue weighted by atomic mass is 19.3. The minimum absolute atomic E-state index is 0.0503. The van der Waals surface area contributed by atoms with Gasteiger partial charge in [-0.05, 0) is 18.6 Å². The van der Waals surface area contributed by atoms with Gasteiger partial charge in [-0.3, -0.25) is 4.79 Å². The van der Waals surface area contributed by atoms with E-state index in [2.05, 4.69) is 20.6 Å². The number of fused-ring (bicyclic) bond motifs is 3. The van der Waals surface area contributed by atoms with Crippen LogP contribution in [0.3, 0.4) is 0 Å². The molecule has 0 radical (unpaired) electrons. The molecule has 1 amide bonds. The monoisotopic (exact) mass is 500 g/mol. The van der Waals surface area contributed by atoms with Crippen molar-refractivity contribution in [3.8, 4) is 0 Å². The Morgan fingerprint density at radius 1 is 1.17 bits per heavy atom. The predicted molar refractivity (Wildman–Crippen MR) is 116 cm³/mol. The van der Waals surface area contributed by atoms with Crippen LogP contribution in [0.4, 0.5) is 33.7 Å². The van der Waals surface area contributed by atoms with E-state index in [0.717, 1.165) is 6.20 Å². The highest BCUT2D eigenvalue weighted by Crippen LogP contribution is 2.38. The van der Waals surface area contributed by atoms with Crippen LogP contribution in [0.5, 0.6) is 0 Å². The van der Waals surface area contributed by atoms with Gasteiger partial charge in [0.25, 0.3) is 17.8 Å². The summed E-state index contributed by atoms with van der Waals surface area (Å²) >= 11 is 0. The minimum atomic E-state index is -3.11. The molecule has 2 N–H and O–H groups in total. The molecule has 0 spiro atoms. The first-order valence-electron chi connectivity index (χ1n) is 11.4. The standard InChI is InChI=1S/C22H25F5N6O2/c1-32-15-3-2-12(8-13(15)16-17(19(32)34)35-11-22(26,27)10-29-16)30-18-14(23)9-28-20(31-18)33-6-4-21(24,25)5-7-33/h2-3,9,13,16-17,29H,4-8,10-11H2,1H3,(H,28,30,31). The van der Waals surface area contributed by atoms with E-state index in [-0.39, 0.29) is 44.1 Å². The lowest BCUT2D eigenvalue weighted by Crippen LogP contribution is -2.59. The molecule has 5 rings (SSSR count). The number of halogens is 5. The number of anilines is 2. The summed E-state index contributed by atoms with van der Waals surface area (Å²) in [5, 5.41) is 5.72. The average molecular weight is 500 g/mol. The zero-order valence-electron chi connectivity index (χ0n) is 18.9. The number of allylic oxidation sites excluding steroid dienone is 3. The quantitative estimate of drug-likeness (QED) is 0.618. The second-order valence-corrected chi connectivity index (χ2v) is 9.32. The van der Waals surface area contributed by atoms with Crippen LogP contribution in [-0.2, 0) is 9.53 Å². The fourth-order valence-corrected chi connectivity index (χ4v) is 4.90. The summed E-state index contributed by atoms with van der Waals surface area (Å²) in [6.45, 7) is -1.38. The third kappa shape index (κ3) is 4.70. The van der Waals surface area contributed by atoms with E-state index >= 15 is 0 Å². The summed E-state index contributed by atoms with van der Waals surface area (Å²) < 4.78 is 74.7. The fraction of sp³-hybridized carbons (Fsp3) is 0.591. The van der Waals surface area contributed by atoms with Crippen molar-refractivity contribution in [2.45, 2.75) is 43.3 Å². The van der Waals surface area contributed by atoms with Crippen molar-refractivity contribution < 1.29 is 31.5 Å². The maximum absolute atomic E-state index is 14.5. The number of likely N-dealkylation sites (tertiary alicyclic amines) is 1. The van der Waals surface area contributed by atoms with Gasteiger partial charge in [-0.1, -0.05) is 0 Å². The molecule has 1 aromatic heterocycles. The number of nitrogens with zero attached hydrogens (tertiary/aromatic N) is 4. The van der Waals surface area contributed by atoms with Crippen molar-refractivity contribution in [2.75, 3.05) is 43.5 Å². The number of hydrogen-bond acceptors (Lipinski definition) is 7. The van der Waals surface area contributed by atoms with Gasteiger partial charge in [0, 0.05) is 50.3 Å². The molecule has 8 nitrogen and oxygen atoms in total. The Morgan fingerprint density at radius 3 is 2.66 bits per heavy atom. The smallest absolute Gasteiger partial charge is 0.283 e. The first-order chi connectivity index (χ1) is 16.5. The molecule has 13 heteroatoms. The molecule has 3 aliphatic heterocycles. The largest absolute Gasteiger partial charge is 0.360 e. The molecular weight excluding hydrogens is 475 g/mol. The number of alkyl halides is 4. The van der Waals surface area contributed by atoms with Crippen LogP contribution in [0.25, 0.3) is 0 Å². The molecule has 3 unspecified atom stereocenters. The van der Waals surface area contributed by atoms with Crippen molar-refractivity contribution in [3.05, 3.63) is 35.6 Å². The number of carbonyl (C=O) groups is 1. The molecule has 190 valence electrons. The van der Waals surface area contributed by atoms with Crippen LogP contribution < -0.4 is 15.5 Å². The highest BCUT2D eigenvalue weighted by molar-refractivity contribution is 5.85. The lowest BCUT2D eigenvalue weighted by Gasteiger charge is -2.44. The Kier molecular flexibility index (Phi) is 5.94. The van der Waals surface area contributed by atoms with Gasteiger partial charge in [0.05, 0.1) is 18.8 Å². The van der Waals surface area contributed by atoms with Gasteiger partial charge < -0.3 is 25.2 Å². The number of piperidine rings is 2. The Labute approximate surface area is 198 Å². The van der Waals surface area contributed by atoms with Crippen LogP contribution >= 0.6 is 0 Å². The van der Waals surface area contributed by atoms with Crippen molar-refractivity contribution in [1.82, 2.24) is 20.2 Å². The number of carbonyl (C=O) groups excluding carboxylic acids is 1. The van der Waals surface area contributed by atoms with E-state index in [9.17, 15) is 26.7 Å². The average Bonchev–Trinajstić information content (AvgIpc) is 2.97. The molecule has 1 aromatic rings. The van der Waals surface area contributed by atoms with Crippen LogP contribution in [-0.4, -0.2) is 78.1 Å². The molecule has 3 atom stereocenters. The van der Waals surface area contributed by atoms with Crippen molar-refractivity contribution in [2.24, 2.45) is 5.92 Å². The summed E-state index contributed by atoms with van der Waals surface area (Å²) in [5.74, 6) is -7.35. The second-order valence-electron chi connectivity index (χ2n) is 9.32. The molecule has 4 heterocycles. The van der Waals surface area contributed by atoms with Gasteiger partial charge in [-0.15, -0.1) is 0 Å².